The molecule has 0 spiro atoms. The second-order valence-electron chi connectivity index (χ2n) is 7.62. The van der Waals surface area contributed by atoms with Gasteiger partial charge in [-0.25, -0.2) is 4.98 Å². The lowest BCUT2D eigenvalue weighted by Crippen LogP contribution is -2.44. The Labute approximate surface area is 131 Å². The molecule has 1 aromatic heterocycles. The Kier molecular flexibility index (Phi) is 2.96. The highest BCUT2D eigenvalue weighted by atomic mass is 32.1. The van der Waals surface area contributed by atoms with Gasteiger partial charge in [-0.3, -0.25) is 0 Å². The first-order valence-electron chi connectivity index (χ1n) is 8.08. The standard InChI is InChI=1S/C18H24N2S/c1-17(2)12-8-9-18(17,3)15(10-12)19-11-16-20-13-6-4-5-7-14(13)21-16/h4-7,12,15,19H,8-11H2,1-3H3. The van der Waals surface area contributed by atoms with Gasteiger partial charge < -0.3 is 5.32 Å². The molecular weight excluding hydrogens is 276 g/mol. The van der Waals surface area contributed by atoms with Gasteiger partial charge >= 0.3 is 0 Å². The van der Waals surface area contributed by atoms with Crippen molar-refractivity contribution in [2.45, 2.75) is 52.6 Å². The lowest BCUT2D eigenvalue weighted by atomic mass is 9.69. The van der Waals surface area contributed by atoms with Crippen LogP contribution in [0.4, 0.5) is 0 Å². The molecule has 3 unspecified atom stereocenters. The van der Waals surface area contributed by atoms with Gasteiger partial charge in [0.15, 0.2) is 0 Å². The van der Waals surface area contributed by atoms with Crippen molar-refractivity contribution in [3.05, 3.63) is 29.3 Å². The van der Waals surface area contributed by atoms with Crippen molar-refractivity contribution in [2.75, 3.05) is 0 Å². The van der Waals surface area contributed by atoms with Crippen LogP contribution in [0.15, 0.2) is 24.3 Å². The molecule has 3 heteroatoms. The van der Waals surface area contributed by atoms with E-state index in [-0.39, 0.29) is 0 Å². The molecule has 2 fully saturated rings. The van der Waals surface area contributed by atoms with Crippen LogP contribution in [0.2, 0.25) is 0 Å². The van der Waals surface area contributed by atoms with E-state index in [1.54, 1.807) is 0 Å². The van der Waals surface area contributed by atoms with Crippen LogP contribution < -0.4 is 5.32 Å². The number of benzene rings is 1. The number of fused-ring (bicyclic) bond motifs is 3. The minimum absolute atomic E-state index is 0.453. The molecule has 2 aliphatic carbocycles. The zero-order valence-corrected chi connectivity index (χ0v) is 14.0. The molecule has 1 N–H and O–H groups in total. The van der Waals surface area contributed by atoms with Gasteiger partial charge in [-0.05, 0) is 48.1 Å². The molecule has 1 aromatic carbocycles. The average molecular weight is 300 g/mol. The third-order valence-corrected chi connectivity index (χ3v) is 7.67. The van der Waals surface area contributed by atoms with E-state index in [9.17, 15) is 0 Å². The second-order valence-corrected chi connectivity index (χ2v) is 8.73. The van der Waals surface area contributed by atoms with Crippen LogP contribution in [0.3, 0.4) is 0 Å². The molecular formula is C18H24N2S. The van der Waals surface area contributed by atoms with E-state index in [1.807, 2.05) is 11.3 Å². The van der Waals surface area contributed by atoms with Gasteiger partial charge in [0.05, 0.1) is 10.2 Å². The first-order chi connectivity index (χ1) is 10.0. The Morgan fingerprint density at radius 1 is 1.29 bits per heavy atom. The van der Waals surface area contributed by atoms with E-state index in [1.165, 1.54) is 29.0 Å². The van der Waals surface area contributed by atoms with E-state index >= 15 is 0 Å². The Bertz CT molecular complexity index is 642. The normalized spacial score (nSPS) is 33.9. The van der Waals surface area contributed by atoms with E-state index in [0.29, 0.717) is 16.9 Å². The van der Waals surface area contributed by atoms with Crippen LogP contribution in [0, 0.1) is 16.7 Å². The average Bonchev–Trinajstić information content (AvgIpc) is 3.02. The van der Waals surface area contributed by atoms with E-state index in [4.69, 9.17) is 4.98 Å². The molecule has 0 radical (unpaired) electrons. The van der Waals surface area contributed by atoms with Crippen molar-refractivity contribution in [1.82, 2.24) is 10.3 Å². The molecule has 2 aliphatic rings. The Hall–Kier alpha value is -0.930. The largest absolute Gasteiger partial charge is 0.307 e. The minimum atomic E-state index is 0.453. The van der Waals surface area contributed by atoms with Crippen LogP contribution >= 0.6 is 11.3 Å². The molecule has 2 nitrogen and oxygen atoms in total. The first-order valence-corrected chi connectivity index (χ1v) is 8.90. The van der Waals surface area contributed by atoms with Gasteiger partial charge in [0.25, 0.3) is 0 Å². The van der Waals surface area contributed by atoms with Crippen molar-refractivity contribution in [3.8, 4) is 0 Å². The van der Waals surface area contributed by atoms with Crippen LogP contribution in [0.5, 0.6) is 0 Å². The molecule has 1 heterocycles. The van der Waals surface area contributed by atoms with E-state index in [0.717, 1.165) is 18.0 Å². The molecule has 3 atom stereocenters. The summed E-state index contributed by atoms with van der Waals surface area (Å²) in [5, 5.41) is 5.06. The summed E-state index contributed by atoms with van der Waals surface area (Å²) in [4.78, 5) is 4.75. The van der Waals surface area contributed by atoms with Gasteiger partial charge in [0.2, 0.25) is 0 Å². The Balaban J connectivity index is 1.50. The number of hydrogen-bond donors (Lipinski definition) is 1. The Morgan fingerprint density at radius 2 is 2.10 bits per heavy atom. The summed E-state index contributed by atoms with van der Waals surface area (Å²) < 4.78 is 1.30. The summed E-state index contributed by atoms with van der Waals surface area (Å²) in [7, 11) is 0. The maximum atomic E-state index is 4.75. The van der Waals surface area contributed by atoms with E-state index in [2.05, 4.69) is 50.4 Å². The first kappa shape index (κ1) is 13.7. The van der Waals surface area contributed by atoms with Crippen LogP contribution in [0.25, 0.3) is 10.2 Å². The predicted octanol–water partition coefficient (Wildman–Crippen LogP) is 4.60. The molecule has 0 saturated heterocycles. The maximum absolute atomic E-state index is 4.75. The second kappa shape index (κ2) is 4.53. The summed E-state index contributed by atoms with van der Waals surface area (Å²) >= 11 is 1.83. The van der Waals surface area contributed by atoms with Crippen LogP contribution in [0.1, 0.15) is 45.0 Å². The number of thiazole rings is 1. The molecule has 4 rings (SSSR count). The van der Waals surface area contributed by atoms with Gasteiger partial charge in [0.1, 0.15) is 5.01 Å². The zero-order valence-electron chi connectivity index (χ0n) is 13.1. The van der Waals surface area contributed by atoms with Crippen molar-refractivity contribution in [3.63, 3.8) is 0 Å². The van der Waals surface area contributed by atoms with Crippen molar-refractivity contribution < 1.29 is 0 Å². The van der Waals surface area contributed by atoms with Crippen molar-refractivity contribution in [2.24, 2.45) is 16.7 Å². The van der Waals surface area contributed by atoms with Crippen LogP contribution in [-0.4, -0.2) is 11.0 Å². The SMILES string of the molecule is CC1(C)C2CCC1(C)C(NCc1nc3ccccc3s1)C2. The van der Waals surface area contributed by atoms with Crippen LogP contribution in [-0.2, 0) is 6.54 Å². The summed E-state index contributed by atoms with van der Waals surface area (Å²) in [6, 6.07) is 9.09. The zero-order chi connectivity index (χ0) is 14.7. The number of nitrogens with one attached hydrogen (secondary N) is 1. The van der Waals surface area contributed by atoms with Crippen molar-refractivity contribution in [1.29, 1.82) is 0 Å². The third-order valence-electron chi connectivity index (χ3n) is 6.63. The lowest BCUT2D eigenvalue weighted by Gasteiger charge is -2.39. The number of hydrogen-bond acceptors (Lipinski definition) is 3. The molecule has 112 valence electrons. The maximum Gasteiger partial charge on any atom is 0.108 e. The fourth-order valence-corrected chi connectivity index (χ4v) is 5.64. The predicted molar refractivity (Wildman–Crippen MR) is 89.5 cm³/mol. The summed E-state index contributed by atoms with van der Waals surface area (Å²) in [6.07, 6.45) is 4.14. The number of aromatic nitrogens is 1. The smallest absolute Gasteiger partial charge is 0.108 e. The fourth-order valence-electron chi connectivity index (χ4n) is 4.72. The Morgan fingerprint density at radius 3 is 2.76 bits per heavy atom. The number of para-hydroxylation sites is 1. The minimum Gasteiger partial charge on any atom is -0.307 e. The van der Waals surface area contributed by atoms with E-state index < -0.39 is 0 Å². The van der Waals surface area contributed by atoms with Gasteiger partial charge in [-0.1, -0.05) is 32.9 Å². The molecule has 0 aliphatic heterocycles. The monoisotopic (exact) mass is 300 g/mol. The highest BCUT2D eigenvalue weighted by molar-refractivity contribution is 7.18. The quantitative estimate of drug-likeness (QED) is 0.896. The number of rotatable bonds is 3. The molecule has 21 heavy (non-hydrogen) atoms. The van der Waals surface area contributed by atoms with Gasteiger partial charge in [-0.15, -0.1) is 11.3 Å². The number of nitrogens with zero attached hydrogens (tertiary/aromatic N) is 1. The van der Waals surface area contributed by atoms with Gasteiger partial charge in [-0.2, -0.15) is 0 Å². The summed E-state index contributed by atoms with van der Waals surface area (Å²) in [5.74, 6) is 0.898. The fraction of sp³-hybridized carbons (Fsp3) is 0.611. The third kappa shape index (κ3) is 1.90. The van der Waals surface area contributed by atoms with Gasteiger partial charge in [0, 0.05) is 12.6 Å². The topological polar surface area (TPSA) is 24.9 Å². The molecule has 2 aromatic rings. The highest BCUT2D eigenvalue weighted by Crippen LogP contribution is 2.65. The van der Waals surface area contributed by atoms with Crippen molar-refractivity contribution >= 4 is 21.6 Å². The summed E-state index contributed by atoms with van der Waals surface area (Å²) in [5.41, 5.74) is 2.07. The highest BCUT2D eigenvalue weighted by Gasteiger charge is 2.60. The summed E-state index contributed by atoms with van der Waals surface area (Å²) in [6.45, 7) is 8.37. The molecule has 2 saturated carbocycles. The molecule has 2 bridgehead atoms. The lowest BCUT2D eigenvalue weighted by molar-refractivity contribution is 0.120. The molecule has 0 amide bonds.